The van der Waals surface area contributed by atoms with Gasteiger partial charge in [-0.05, 0) is 18.1 Å². The normalized spacial score (nSPS) is 11.8. The molecule has 2 aromatic rings. The number of nitrogens with one attached hydrogen (secondary N) is 1. The molecule has 4 heteroatoms. The molecular weight excluding hydrogens is 266 g/mol. The van der Waals surface area contributed by atoms with E-state index in [4.69, 9.17) is 4.98 Å². The van der Waals surface area contributed by atoms with Gasteiger partial charge in [-0.25, -0.2) is 4.98 Å². The number of aryl methyl sites for hydroxylation is 1. The minimum Gasteiger partial charge on any atom is -0.305 e. The summed E-state index contributed by atoms with van der Waals surface area (Å²) in [5.41, 5.74) is 3.76. The molecule has 2 heterocycles. The highest BCUT2D eigenvalue weighted by molar-refractivity contribution is 7.09. The average Bonchev–Trinajstić information content (AvgIpc) is 2.88. The Kier molecular flexibility index (Phi) is 4.89. The second-order valence-corrected chi connectivity index (χ2v) is 6.89. The van der Waals surface area contributed by atoms with Crippen LogP contribution < -0.4 is 5.32 Å². The molecule has 20 heavy (non-hydrogen) atoms. The predicted molar refractivity (Wildman–Crippen MR) is 85.0 cm³/mol. The van der Waals surface area contributed by atoms with E-state index in [0.29, 0.717) is 0 Å². The van der Waals surface area contributed by atoms with Gasteiger partial charge >= 0.3 is 0 Å². The Balaban J connectivity index is 1.91. The zero-order chi connectivity index (χ0) is 14.6. The molecule has 2 rings (SSSR count). The smallest absolute Gasteiger partial charge is 0.107 e. The van der Waals surface area contributed by atoms with Gasteiger partial charge in [-0.2, -0.15) is 0 Å². The number of nitrogens with zero attached hydrogens (tertiary/aromatic N) is 2. The van der Waals surface area contributed by atoms with Crippen molar-refractivity contribution in [2.24, 2.45) is 0 Å². The van der Waals surface area contributed by atoms with Crippen LogP contribution in [0.4, 0.5) is 0 Å². The van der Waals surface area contributed by atoms with Gasteiger partial charge < -0.3 is 5.32 Å². The number of pyridine rings is 1. The van der Waals surface area contributed by atoms with Crippen molar-refractivity contribution in [3.63, 3.8) is 0 Å². The minimum absolute atomic E-state index is 0.130. The quantitative estimate of drug-likeness (QED) is 0.912. The third kappa shape index (κ3) is 3.87. The van der Waals surface area contributed by atoms with Crippen molar-refractivity contribution >= 4 is 11.3 Å². The maximum atomic E-state index is 4.69. The van der Waals surface area contributed by atoms with E-state index in [-0.39, 0.29) is 5.41 Å². The van der Waals surface area contributed by atoms with Gasteiger partial charge in [0.05, 0.1) is 11.4 Å². The second-order valence-electron chi connectivity index (χ2n) is 5.94. The molecule has 0 amide bonds. The summed E-state index contributed by atoms with van der Waals surface area (Å²) in [5.74, 6) is 0. The van der Waals surface area contributed by atoms with Crippen LogP contribution in [0.25, 0.3) is 0 Å². The number of hydrogen-bond donors (Lipinski definition) is 1. The van der Waals surface area contributed by atoms with Crippen molar-refractivity contribution in [3.8, 4) is 0 Å². The number of hydrogen-bond acceptors (Lipinski definition) is 4. The summed E-state index contributed by atoms with van der Waals surface area (Å²) < 4.78 is 0. The maximum Gasteiger partial charge on any atom is 0.107 e. The van der Waals surface area contributed by atoms with Crippen molar-refractivity contribution in [2.75, 3.05) is 0 Å². The summed E-state index contributed by atoms with van der Waals surface area (Å²) in [6, 6.07) is 4.14. The molecule has 2 aromatic heterocycles. The van der Waals surface area contributed by atoms with E-state index < -0.39 is 0 Å². The van der Waals surface area contributed by atoms with Crippen molar-refractivity contribution in [2.45, 2.75) is 52.6 Å². The first-order valence-electron chi connectivity index (χ1n) is 7.09. The maximum absolute atomic E-state index is 4.69. The topological polar surface area (TPSA) is 37.8 Å². The van der Waals surface area contributed by atoms with E-state index in [1.165, 1.54) is 11.3 Å². The Morgan fingerprint density at radius 1 is 1.25 bits per heavy atom. The lowest BCUT2D eigenvalue weighted by Gasteiger charge is -2.14. The van der Waals surface area contributed by atoms with E-state index in [9.17, 15) is 0 Å². The zero-order valence-electron chi connectivity index (χ0n) is 12.7. The highest BCUT2D eigenvalue weighted by Gasteiger charge is 2.17. The summed E-state index contributed by atoms with van der Waals surface area (Å²) in [4.78, 5) is 9.14. The van der Waals surface area contributed by atoms with Crippen LogP contribution in [0.3, 0.4) is 0 Å². The summed E-state index contributed by atoms with van der Waals surface area (Å²) in [6.45, 7) is 10.4. The molecule has 0 unspecified atom stereocenters. The molecule has 0 bridgehead atoms. The summed E-state index contributed by atoms with van der Waals surface area (Å²) in [7, 11) is 0. The van der Waals surface area contributed by atoms with Crippen molar-refractivity contribution in [3.05, 3.63) is 45.7 Å². The van der Waals surface area contributed by atoms with Gasteiger partial charge in [0, 0.05) is 30.1 Å². The molecule has 0 saturated carbocycles. The van der Waals surface area contributed by atoms with Gasteiger partial charge in [0.2, 0.25) is 0 Å². The Morgan fingerprint density at radius 3 is 2.70 bits per heavy atom. The van der Waals surface area contributed by atoms with Crippen LogP contribution in [0.5, 0.6) is 0 Å². The van der Waals surface area contributed by atoms with Gasteiger partial charge in [0.15, 0.2) is 0 Å². The Hall–Kier alpha value is -1.26. The molecule has 3 nitrogen and oxygen atoms in total. The largest absolute Gasteiger partial charge is 0.305 e. The van der Waals surface area contributed by atoms with Crippen molar-refractivity contribution in [1.29, 1.82) is 0 Å². The molecule has 0 aliphatic carbocycles. The Labute approximate surface area is 125 Å². The Bertz CT molecular complexity index is 555. The van der Waals surface area contributed by atoms with Crippen LogP contribution in [0, 0.1) is 0 Å². The molecule has 108 valence electrons. The lowest BCUT2D eigenvalue weighted by atomic mass is 9.93. The predicted octanol–water partition coefficient (Wildman–Crippen LogP) is 3.69. The molecule has 0 aliphatic rings. The number of rotatable bonds is 5. The fourth-order valence-electron chi connectivity index (χ4n) is 1.98. The zero-order valence-corrected chi connectivity index (χ0v) is 13.5. The van der Waals surface area contributed by atoms with Crippen LogP contribution in [0.1, 0.15) is 49.7 Å². The molecule has 0 atom stereocenters. The highest BCUT2D eigenvalue weighted by Crippen LogP contribution is 2.23. The molecule has 0 saturated heterocycles. The second kappa shape index (κ2) is 6.46. The molecule has 0 fully saturated rings. The standard InChI is InChI=1S/C16H23N3S/c1-5-12-7-6-8-18-13(12)9-17-10-15-19-14(11-20-15)16(2,3)4/h6-8,11,17H,5,9-10H2,1-4H3. The first-order chi connectivity index (χ1) is 9.50. The fraction of sp³-hybridized carbons (Fsp3) is 0.500. The minimum atomic E-state index is 0.130. The van der Waals surface area contributed by atoms with E-state index >= 15 is 0 Å². The first-order valence-corrected chi connectivity index (χ1v) is 7.97. The monoisotopic (exact) mass is 289 g/mol. The summed E-state index contributed by atoms with van der Waals surface area (Å²) >= 11 is 1.73. The molecule has 0 radical (unpaired) electrons. The van der Waals surface area contributed by atoms with Crippen LogP contribution in [-0.2, 0) is 24.9 Å². The highest BCUT2D eigenvalue weighted by atomic mass is 32.1. The molecule has 1 N–H and O–H groups in total. The lowest BCUT2D eigenvalue weighted by Crippen LogP contribution is -2.16. The molecule has 0 spiro atoms. The summed E-state index contributed by atoms with van der Waals surface area (Å²) in [5, 5.41) is 6.75. The van der Waals surface area contributed by atoms with Crippen LogP contribution >= 0.6 is 11.3 Å². The van der Waals surface area contributed by atoms with Crippen LogP contribution in [-0.4, -0.2) is 9.97 Å². The first kappa shape index (κ1) is 15.1. The molecule has 0 aromatic carbocycles. The van der Waals surface area contributed by atoms with Crippen LogP contribution in [0.2, 0.25) is 0 Å². The van der Waals surface area contributed by atoms with Crippen LogP contribution in [0.15, 0.2) is 23.7 Å². The van der Waals surface area contributed by atoms with E-state index in [2.05, 4.69) is 49.4 Å². The van der Waals surface area contributed by atoms with Gasteiger partial charge in [0.25, 0.3) is 0 Å². The van der Waals surface area contributed by atoms with E-state index in [1.54, 1.807) is 11.3 Å². The molecular formula is C16H23N3S. The van der Waals surface area contributed by atoms with Crippen molar-refractivity contribution < 1.29 is 0 Å². The van der Waals surface area contributed by atoms with Gasteiger partial charge in [-0.3, -0.25) is 4.98 Å². The third-order valence-corrected chi connectivity index (χ3v) is 4.10. The van der Waals surface area contributed by atoms with E-state index in [0.717, 1.165) is 30.2 Å². The summed E-state index contributed by atoms with van der Waals surface area (Å²) in [6.07, 6.45) is 2.88. The molecule has 0 aliphatic heterocycles. The van der Waals surface area contributed by atoms with E-state index in [1.807, 2.05) is 12.3 Å². The third-order valence-electron chi connectivity index (χ3n) is 3.25. The van der Waals surface area contributed by atoms with Gasteiger partial charge in [-0.15, -0.1) is 11.3 Å². The van der Waals surface area contributed by atoms with Crippen molar-refractivity contribution in [1.82, 2.24) is 15.3 Å². The average molecular weight is 289 g/mol. The number of aromatic nitrogens is 2. The Morgan fingerprint density at radius 2 is 2.05 bits per heavy atom. The SMILES string of the molecule is CCc1cccnc1CNCc1nc(C(C)(C)C)cs1. The van der Waals surface area contributed by atoms with Gasteiger partial charge in [-0.1, -0.05) is 33.8 Å². The fourth-order valence-corrected chi connectivity index (χ4v) is 2.97. The number of thiazole rings is 1. The lowest BCUT2D eigenvalue weighted by molar-refractivity contribution is 0.568. The van der Waals surface area contributed by atoms with Gasteiger partial charge in [0.1, 0.15) is 5.01 Å².